The van der Waals surface area contributed by atoms with Gasteiger partial charge in [0.2, 0.25) is 0 Å². The van der Waals surface area contributed by atoms with Gasteiger partial charge in [0.25, 0.3) is 0 Å². The fourth-order valence-electron chi connectivity index (χ4n) is 2.10. The highest BCUT2D eigenvalue weighted by Gasteiger charge is 2.27. The van der Waals surface area contributed by atoms with E-state index in [1.807, 2.05) is 36.4 Å². The molecule has 0 heterocycles. The molecule has 1 radical (unpaired) electrons. The van der Waals surface area contributed by atoms with Crippen LogP contribution in [0.4, 0.5) is 0 Å². The number of nitrogens with one attached hydrogen (secondary N) is 1. The summed E-state index contributed by atoms with van der Waals surface area (Å²) < 4.78 is 0. The first kappa shape index (κ1) is 12.8. The van der Waals surface area contributed by atoms with Crippen molar-refractivity contribution in [3.8, 4) is 0 Å². The number of benzene rings is 2. The Labute approximate surface area is 109 Å². The molecule has 2 rings (SSSR count). The second kappa shape index (κ2) is 5.80. The van der Waals surface area contributed by atoms with Gasteiger partial charge in [-0.2, -0.15) is 0 Å². The van der Waals surface area contributed by atoms with Crippen molar-refractivity contribution in [2.75, 3.05) is 13.1 Å². The van der Waals surface area contributed by atoms with Gasteiger partial charge >= 0.3 is 0 Å². The Morgan fingerprint density at radius 1 is 0.889 bits per heavy atom. The molecule has 0 aliphatic heterocycles. The van der Waals surface area contributed by atoms with E-state index in [1.54, 1.807) is 0 Å². The third kappa shape index (κ3) is 2.61. The van der Waals surface area contributed by atoms with Gasteiger partial charge in [0.1, 0.15) is 0 Å². The van der Waals surface area contributed by atoms with Gasteiger partial charge in [-0.25, -0.2) is 0 Å². The maximum atomic E-state index is 5.60. The van der Waals surface area contributed by atoms with Crippen molar-refractivity contribution in [3.05, 3.63) is 78.7 Å². The third-order valence-corrected chi connectivity index (χ3v) is 3.10. The van der Waals surface area contributed by atoms with Gasteiger partial charge in [-0.15, -0.1) is 0 Å². The fourth-order valence-corrected chi connectivity index (χ4v) is 2.10. The lowest BCUT2D eigenvalue weighted by atomic mass is 9.84. The van der Waals surface area contributed by atoms with E-state index >= 15 is 0 Å². The Kier molecular flexibility index (Phi) is 4.13. The molecule has 0 saturated heterocycles. The van der Waals surface area contributed by atoms with Crippen LogP contribution in [0.25, 0.3) is 0 Å². The normalized spacial score (nSPS) is 11.4. The number of hydrogen-bond donors (Lipinski definition) is 2. The summed E-state index contributed by atoms with van der Waals surface area (Å²) in [5.74, 6) is 0. The lowest BCUT2D eigenvalue weighted by Crippen LogP contribution is -2.43. The van der Waals surface area contributed by atoms with Crippen molar-refractivity contribution < 1.29 is 0 Å². The maximum Gasteiger partial charge on any atom is 0.0691 e. The van der Waals surface area contributed by atoms with Crippen LogP contribution in [0.2, 0.25) is 0 Å². The molecule has 2 heteroatoms. The van der Waals surface area contributed by atoms with E-state index in [9.17, 15) is 0 Å². The molecular formula is C16H19N2. The Bertz CT molecular complexity index is 425. The smallest absolute Gasteiger partial charge is 0.0691 e. The van der Waals surface area contributed by atoms with Crippen LogP contribution in [-0.4, -0.2) is 13.1 Å². The standard InChI is InChI=1S/C16H19N2/c1-16(18-13-12-17,14-8-4-2-5-9-14)15-10-6-3-7-11-15/h2-11,18H,1,12-13,17H2. The second-order valence-corrected chi connectivity index (χ2v) is 4.35. The Morgan fingerprint density at radius 3 is 1.72 bits per heavy atom. The minimum Gasteiger partial charge on any atom is -0.329 e. The molecule has 2 nitrogen and oxygen atoms in total. The molecule has 0 saturated carbocycles. The van der Waals surface area contributed by atoms with Crippen molar-refractivity contribution in [1.82, 2.24) is 5.32 Å². The highest BCUT2D eigenvalue weighted by Crippen LogP contribution is 2.28. The monoisotopic (exact) mass is 239 g/mol. The summed E-state index contributed by atoms with van der Waals surface area (Å²) in [5, 5.41) is 3.44. The summed E-state index contributed by atoms with van der Waals surface area (Å²) in [5.41, 5.74) is 7.45. The van der Waals surface area contributed by atoms with Crippen LogP contribution in [-0.2, 0) is 5.54 Å². The van der Waals surface area contributed by atoms with Gasteiger partial charge in [-0.05, 0) is 18.1 Å². The molecule has 0 unspecified atom stereocenters. The van der Waals surface area contributed by atoms with Gasteiger partial charge in [-0.1, -0.05) is 60.7 Å². The van der Waals surface area contributed by atoms with Gasteiger partial charge in [0, 0.05) is 13.1 Å². The van der Waals surface area contributed by atoms with Crippen LogP contribution in [0, 0.1) is 6.92 Å². The molecule has 0 aliphatic rings. The first-order valence-electron chi connectivity index (χ1n) is 6.19. The molecule has 0 amide bonds. The molecule has 2 aromatic rings. The zero-order valence-electron chi connectivity index (χ0n) is 10.5. The van der Waals surface area contributed by atoms with E-state index < -0.39 is 5.54 Å². The highest BCUT2D eigenvalue weighted by atomic mass is 15.0. The first-order chi connectivity index (χ1) is 8.77. The highest BCUT2D eigenvalue weighted by molar-refractivity contribution is 5.39. The lowest BCUT2D eigenvalue weighted by molar-refractivity contribution is 0.492. The molecular weight excluding hydrogens is 220 g/mol. The molecule has 93 valence electrons. The SMILES string of the molecule is [CH2]C(NCCN)(c1ccccc1)c1ccccc1. The average molecular weight is 239 g/mol. The van der Waals surface area contributed by atoms with E-state index in [1.165, 1.54) is 0 Å². The molecule has 0 atom stereocenters. The van der Waals surface area contributed by atoms with E-state index in [4.69, 9.17) is 5.73 Å². The van der Waals surface area contributed by atoms with Crippen LogP contribution < -0.4 is 11.1 Å². The van der Waals surface area contributed by atoms with Crippen molar-refractivity contribution in [2.45, 2.75) is 5.54 Å². The van der Waals surface area contributed by atoms with E-state index in [0.717, 1.165) is 17.7 Å². The zero-order chi connectivity index (χ0) is 12.8. The van der Waals surface area contributed by atoms with E-state index in [-0.39, 0.29) is 0 Å². The van der Waals surface area contributed by atoms with Gasteiger partial charge in [0.15, 0.2) is 0 Å². The predicted molar refractivity (Wildman–Crippen MR) is 76.1 cm³/mol. The summed E-state index contributed by atoms with van der Waals surface area (Å²) in [6.45, 7) is 5.70. The number of rotatable bonds is 5. The van der Waals surface area contributed by atoms with Crippen LogP contribution >= 0.6 is 0 Å². The summed E-state index contributed by atoms with van der Waals surface area (Å²) in [6.07, 6.45) is 0. The van der Waals surface area contributed by atoms with Crippen molar-refractivity contribution in [3.63, 3.8) is 0 Å². The lowest BCUT2D eigenvalue weighted by Gasteiger charge is -2.32. The van der Waals surface area contributed by atoms with E-state index in [2.05, 4.69) is 36.5 Å². The van der Waals surface area contributed by atoms with Crippen LogP contribution in [0.15, 0.2) is 60.7 Å². The van der Waals surface area contributed by atoms with Crippen molar-refractivity contribution in [1.29, 1.82) is 0 Å². The topological polar surface area (TPSA) is 38.0 Å². The molecule has 0 spiro atoms. The van der Waals surface area contributed by atoms with Crippen LogP contribution in [0.1, 0.15) is 11.1 Å². The minimum atomic E-state index is -0.443. The molecule has 0 fully saturated rings. The minimum absolute atomic E-state index is 0.443. The van der Waals surface area contributed by atoms with Crippen LogP contribution in [0.5, 0.6) is 0 Å². The van der Waals surface area contributed by atoms with Gasteiger partial charge in [0.05, 0.1) is 5.54 Å². The van der Waals surface area contributed by atoms with Gasteiger partial charge < -0.3 is 11.1 Å². The molecule has 18 heavy (non-hydrogen) atoms. The Morgan fingerprint density at radius 2 is 1.33 bits per heavy atom. The average Bonchev–Trinajstić information content (AvgIpc) is 2.46. The second-order valence-electron chi connectivity index (χ2n) is 4.35. The molecule has 2 aromatic carbocycles. The molecule has 3 N–H and O–H groups in total. The van der Waals surface area contributed by atoms with E-state index in [0.29, 0.717) is 6.54 Å². The third-order valence-electron chi connectivity index (χ3n) is 3.10. The Hall–Kier alpha value is -1.64. The van der Waals surface area contributed by atoms with Crippen LogP contribution in [0.3, 0.4) is 0 Å². The van der Waals surface area contributed by atoms with Crippen molar-refractivity contribution in [2.24, 2.45) is 5.73 Å². The summed E-state index contributed by atoms with van der Waals surface area (Å²) in [4.78, 5) is 0. The quantitative estimate of drug-likeness (QED) is 0.840. The largest absolute Gasteiger partial charge is 0.329 e. The predicted octanol–water partition coefficient (Wildman–Crippen LogP) is 2.31. The molecule has 0 aliphatic carbocycles. The van der Waals surface area contributed by atoms with Crippen molar-refractivity contribution >= 4 is 0 Å². The number of hydrogen-bond acceptors (Lipinski definition) is 2. The van der Waals surface area contributed by atoms with Gasteiger partial charge in [-0.3, -0.25) is 0 Å². The maximum absolute atomic E-state index is 5.60. The zero-order valence-corrected chi connectivity index (χ0v) is 10.5. The fraction of sp³-hybridized carbons (Fsp3) is 0.188. The Balaban J connectivity index is 2.41. The summed E-state index contributed by atoms with van der Waals surface area (Å²) in [6, 6.07) is 20.5. The summed E-state index contributed by atoms with van der Waals surface area (Å²) >= 11 is 0. The summed E-state index contributed by atoms with van der Waals surface area (Å²) in [7, 11) is 0. The molecule has 0 aromatic heterocycles. The number of nitrogens with two attached hydrogens (primary N) is 1. The first-order valence-corrected chi connectivity index (χ1v) is 6.19. The molecule has 0 bridgehead atoms.